The lowest BCUT2D eigenvalue weighted by Gasteiger charge is -2.19. The van der Waals surface area contributed by atoms with E-state index in [1.165, 1.54) is 12.1 Å². The molecule has 3 heterocycles. The van der Waals surface area contributed by atoms with Crippen molar-refractivity contribution in [3.05, 3.63) is 84.3 Å². The summed E-state index contributed by atoms with van der Waals surface area (Å²) in [5, 5.41) is 8.29. The fourth-order valence-electron chi connectivity index (χ4n) is 3.90. The van der Waals surface area contributed by atoms with E-state index in [2.05, 4.69) is 27.3 Å². The third-order valence-electron chi connectivity index (χ3n) is 5.65. The quantitative estimate of drug-likeness (QED) is 0.581. The first-order valence-electron chi connectivity index (χ1n) is 9.39. The molecule has 1 unspecified atom stereocenters. The third-order valence-corrected chi connectivity index (χ3v) is 5.65. The van der Waals surface area contributed by atoms with Crippen LogP contribution in [0.5, 0.6) is 0 Å². The average molecular weight is 387 g/mol. The number of amides is 1. The van der Waals surface area contributed by atoms with Crippen molar-refractivity contribution in [2.75, 3.05) is 0 Å². The first-order valence-corrected chi connectivity index (χ1v) is 9.39. The average Bonchev–Trinajstić information content (AvgIpc) is 3.20. The minimum absolute atomic E-state index is 0.192. The molecule has 6 nitrogen and oxygen atoms in total. The summed E-state index contributed by atoms with van der Waals surface area (Å²) in [6.07, 6.45) is 9.21. The minimum Gasteiger partial charge on any atom is -0.342 e. The number of carbonyl (C=O) groups is 1. The molecule has 1 aliphatic rings. The van der Waals surface area contributed by atoms with Gasteiger partial charge < -0.3 is 5.32 Å². The molecule has 29 heavy (non-hydrogen) atoms. The smallest absolute Gasteiger partial charge is 0.254 e. The number of benzene rings is 1. The maximum atomic E-state index is 13.2. The van der Waals surface area contributed by atoms with Gasteiger partial charge in [-0.1, -0.05) is 6.92 Å². The number of halogens is 1. The predicted octanol–water partition coefficient (Wildman–Crippen LogP) is 3.62. The number of fused-ring (bicyclic) bond motifs is 1. The Labute approximate surface area is 166 Å². The lowest BCUT2D eigenvalue weighted by Crippen LogP contribution is -2.36. The molecule has 1 amide bonds. The maximum Gasteiger partial charge on any atom is 0.254 e. The van der Waals surface area contributed by atoms with Gasteiger partial charge in [0.05, 0.1) is 34.7 Å². The predicted molar refractivity (Wildman–Crippen MR) is 106 cm³/mol. The normalized spacial score (nSPS) is 20.6. The second-order valence-electron chi connectivity index (χ2n) is 7.42. The van der Waals surface area contributed by atoms with Gasteiger partial charge in [-0.2, -0.15) is 5.10 Å². The number of carbonyl (C=O) groups excluding carboxylic acids is 1. The molecule has 2 atom stereocenters. The maximum absolute atomic E-state index is 13.2. The van der Waals surface area contributed by atoms with Crippen LogP contribution in [0.25, 0.3) is 16.6 Å². The Kier molecular flexibility index (Phi) is 3.91. The van der Waals surface area contributed by atoms with E-state index in [0.29, 0.717) is 28.1 Å². The van der Waals surface area contributed by atoms with Crippen molar-refractivity contribution in [2.45, 2.75) is 18.9 Å². The Bertz CT molecular complexity index is 1210. The van der Waals surface area contributed by atoms with Crippen molar-refractivity contribution < 1.29 is 9.18 Å². The van der Waals surface area contributed by atoms with Crippen LogP contribution in [0.4, 0.5) is 4.39 Å². The van der Waals surface area contributed by atoms with Crippen molar-refractivity contribution in [3.8, 4) is 5.69 Å². The van der Waals surface area contributed by atoms with Crippen LogP contribution in [0, 0.1) is 11.7 Å². The van der Waals surface area contributed by atoms with E-state index < -0.39 is 0 Å². The van der Waals surface area contributed by atoms with E-state index in [-0.39, 0.29) is 17.3 Å². The van der Waals surface area contributed by atoms with Crippen molar-refractivity contribution in [2.24, 2.45) is 5.92 Å². The molecule has 1 aromatic carbocycles. The van der Waals surface area contributed by atoms with Crippen molar-refractivity contribution in [1.82, 2.24) is 25.1 Å². The van der Waals surface area contributed by atoms with E-state index in [1.54, 1.807) is 47.8 Å². The number of nitrogens with zero attached hydrogens (tertiary/aromatic N) is 4. The highest BCUT2D eigenvalue weighted by Crippen LogP contribution is 2.51. The van der Waals surface area contributed by atoms with E-state index in [1.807, 2.05) is 12.1 Å². The molecule has 3 aromatic heterocycles. The second kappa shape index (κ2) is 6.48. The highest BCUT2D eigenvalue weighted by Gasteiger charge is 2.53. The Hall–Kier alpha value is -3.61. The zero-order chi connectivity index (χ0) is 20.0. The molecule has 7 heteroatoms. The Morgan fingerprint density at radius 2 is 1.83 bits per heavy atom. The summed E-state index contributed by atoms with van der Waals surface area (Å²) in [7, 11) is 0. The van der Waals surface area contributed by atoms with Crippen LogP contribution >= 0.6 is 0 Å². The first kappa shape index (κ1) is 17.5. The van der Waals surface area contributed by atoms with Gasteiger partial charge in [0.2, 0.25) is 0 Å². The molecule has 1 N–H and O–H groups in total. The highest BCUT2D eigenvalue weighted by molar-refractivity contribution is 6.06. The van der Waals surface area contributed by atoms with Crippen LogP contribution < -0.4 is 5.32 Å². The fraction of sp³-hybridized carbons (Fsp3) is 0.182. The second-order valence-corrected chi connectivity index (χ2v) is 7.42. The Morgan fingerprint density at radius 3 is 2.52 bits per heavy atom. The van der Waals surface area contributed by atoms with Gasteiger partial charge in [-0.15, -0.1) is 0 Å². The van der Waals surface area contributed by atoms with Gasteiger partial charge in [-0.25, -0.2) is 9.07 Å². The molecule has 4 aromatic rings. The summed E-state index contributed by atoms with van der Waals surface area (Å²) in [6, 6.07) is 9.90. The van der Waals surface area contributed by atoms with Crippen molar-refractivity contribution in [3.63, 3.8) is 0 Å². The number of hydrogen-bond acceptors (Lipinski definition) is 4. The van der Waals surface area contributed by atoms with Gasteiger partial charge in [0.25, 0.3) is 5.91 Å². The summed E-state index contributed by atoms with van der Waals surface area (Å²) >= 11 is 0. The summed E-state index contributed by atoms with van der Waals surface area (Å²) in [5.41, 5.74) is 2.52. The molecule has 0 saturated heterocycles. The summed E-state index contributed by atoms with van der Waals surface area (Å²) in [5.74, 6) is -0.172. The Morgan fingerprint density at radius 1 is 1.10 bits per heavy atom. The van der Waals surface area contributed by atoms with Crippen molar-refractivity contribution >= 4 is 16.8 Å². The molecule has 0 bridgehead atoms. The first-order chi connectivity index (χ1) is 14.1. The molecule has 0 radical (unpaired) electrons. The molecule has 1 saturated carbocycles. The van der Waals surface area contributed by atoms with Gasteiger partial charge in [0, 0.05) is 24.0 Å². The topological polar surface area (TPSA) is 72.7 Å². The van der Waals surface area contributed by atoms with Crippen LogP contribution in [0.15, 0.2) is 67.4 Å². The van der Waals surface area contributed by atoms with E-state index in [9.17, 15) is 9.18 Å². The van der Waals surface area contributed by atoms with Gasteiger partial charge in [0.15, 0.2) is 0 Å². The zero-order valence-electron chi connectivity index (χ0n) is 15.7. The third kappa shape index (κ3) is 2.86. The summed E-state index contributed by atoms with van der Waals surface area (Å²) in [4.78, 5) is 21.5. The number of hydrogen-bond donors (Lipinski definition) is 1. The van der Waals surface area contributed by atoms with E-state index in [4.69, 9.17) is 0 Å². The zero-order valence-corrected chi connectivity index (χ0v) is 15.7. The summed E-state index contributed by atoms with van der Waals surface area (Å²) in [6.45, 7) is 2.12. The van der Waals surface area contributed by atoms with Crippen LogP contribution in [0.3, 0.4) is 0 Å². The van der Waals surface area contributed by atoms with Crippen molar-refractivity contribution in [1.29, 1.82) is 0 Å². The van der Waals surface area contributed by atoms with Crippen LogP contribution in [0.1, 0.15) is 29.3 Å². The molecular weight excluding hydrogens is 369 g/mol. The molecule has 0 spiro atoms. The molecule has 1 fully saturated rings. The largest absolute Gasteiger partial charge is 0.342 e. The number of aromatic nitrogens is 4. The van der Waals surface area contributed by atoms with Gasteiger partial charge in [-0.3, -0.25) is 14.8 Å². The number of nitrogens with one attached hydrogen (secondary N) is 1. The molecular formula is C22H18FN5O. The highest BCUT2D eigenvalue weighted by atomic mass is 19.1. The Balaban J connectivity index is 1.51. The number of rotatable bonds is 4. The summed E-state index contributed by atoms with van der Waals surface area (Å²) < 4.78 is 14.9. The van der Waals surface area contributed by atoms with Gasteiger partial charge in [0.1, 0.15) is 5.82 Å². The van der Waals surface area contributed by atoms with Crippen LogP contribution in [-0.2, 0) is 5.54 Å². The molecule has 5 rings (SSSR count). The standard InChI is InChI=1S/C22H18FN5O/c1-14-10-22(14,15-6-8-24-9-7-15)27-21(29)19-11-25-13-20-18(19)12-26-28(20)17-4-2-16(23)3-5-17/h2-9,11-14H,10H2,1H3,(H,27,29)/t14-,22?/m1/s1. The van der Waals surface area contributed by atoms with Crippen LogP contribution in [0.2, 0.25) is 0 Å². The lowest BCUT2D eigenvalue weighted by molar-refractivity contribution is 0.0928. The minimum atomic E-state index is -0.380. The number of pyridine rings is 2. The van der Waals surface area contributed by atoms with Crippen LogP contribution in [-0.4, -0.2) is 25.7 Å². The molecule has 0 aliphatic heterocycles. The molecule has 144 valence electrons. The SMILES string of the molecule is C[C@@H]1CC1(NC(=O)c1cncc2c1cnn2-c1ccc(F)cc1)c1ccncc1. The fourth-order valence-corrected chi connectivity index (χ4v) is 3.90. The monoisotopic (exact) mass is 387 g/mol. The van der Waals surface area contributed by atoms with E-state index >= 15 is 0 Å². The molecule has 1 aliphatic carbocycles. The van der Waals surface area contributed by atoms with E-state index in [0.717, 1.165) is 12.0 Å². The van der Waals surface area contributed by atoms with Gasteiger partial charge >= 0.3 is 0 Å². The van der Waals surface area contributed by atoms with Gasteiger partial charge in [-0.05, 0) is 54.3 Å². The lowest BCUT2D eigenvalue weighted by atomic mass is 10.0.